The molecular formula is C14H29N. The summed E-state index contributed by atoms with van der Waals surface area (Å²) < 4.78 is 0. The van der Waals surface area contributed by atoms with Crippen LogP contribution < -0.4 is 5.73 Å². The molecule has 0 amide bonds. The van der Waals surface area contributed by atoms with E-state index in [0.29, 0.717) is 5.41 Å². The molecule has 0 bridgehead atoms. The normalized spacial score (nSPS) is 33.4. The molecule has 3 atom stereocenters. The van der Waals surface area contributed by atoms with Crippen LogP contribution >= 0.6 is 0 Å². The number of nitrogens with two attached hydrogens (primary N) is 1. The molecule has 1 fully saturated rings. The van der Waals surface area contributed by atoms with Gasteiger partial charge in [0, 0.05) is 0 Å². The van der Waals surface area contributed by atoms with Gasteiger partial charge in [-0.15, -0.1) is 0 Å². The largest absolute Gasteiger partial charge is 0.330 e. The topological polar surface area (TPSA) is 26.0 Å². The van der Waals surface area contributed by atoms with E-state index in [1.165, 1.54) is 19.3 Å². The molecule has 0 radical (unpaired) electrons. The van der Waals surface area contributed by atoms with Crippen LogP contribution in [0.5, 0.6) is 0 Å². The van der Waals surface area contributed by atoms with Crippen molar-refractivity contribution in [2.24, 2.45) is 34.8 Å². The lowest BCUT2D eigenvalue weighted by Gasteiger charge is -2.43. The molecule has 0 spiro atoms. The molecule has 1 nitrogen and oxygen atoms in total. The third-order valence-electron chi connectivity index (χ3n) is 4.43. The Morgan fingerprint density at radius 2 is 1.80 bits per heavy atom. The Hall–Kier alpha value is -0.0400. The third kappa shape index (κ3) is 3.21. The molecule has 0 aromatic carbocycles. The van der Waals surface area contributed by atoms with Crippen LogP contribution in [-0.4, -0.2) is 6.54 Å². The van der Waals surface area contributed by atoms with Crippen molar-refractivity contribution in [3.05, 3.63) is 0 Å². The zero-order valence-corrected chi connectivity index (χ0v) is 11.2. The molecule has 1 heteroatoms. The average Bonchev–Trinajstić information content (AvgIpc) is 2.15. The lowest BCUT2D eigenvalue weighted by atomic mass is 9.63. The molecule has 0 aromatic rings. The minimum atomic E-state index is 0.479. The third-order valence-corrected chi connectivity index (χ3v) is 4.43. The number of hydrogen-bond acceptors (Lipinski definition) is 1. The van der Waals surface area contributed by atoms with Gasteiger partial charge in [-0.2, -0.15) is 0 Å². The van der Waals surface area contributed by atoms with Crippen molar-refractivity contribution in [1.82, 2.24) is 0 Å². The molecule has 15 heavy (non-hydrogen) atoms. The Bertz CT molecular complexity index is 190. The van der Waals surface area contributed by atoms with Crippen LogP contribution in [0.4, 0.5) is 0 Å². The fraction of sp³-hybridized carbons (Fsp3) is 1.00. The predicted molar refractivity (Wildman–Crippen MR) is 67.7 cm³/mol. The average molecular weight is 211 g/mol. The van der Waals surface area contributed by atoms with E-state index in [1.807, 2.05) is 0 Å². The van der Waals surface area contributed by atoms with Crippen LogP contribution in [0, 0.1) is 29.1 Å². The zero-order valence-electron chi connectivity index (χ0n) is 11.2. The van der Waals surface area contributed by atoms with E-state index in [-0.39, 0.29) is 0 Å². The standard InChI is InChI=1S/C14H29N/c1-10(2)13-8-12(14(3,4)5)7-6-11(13)9-15/h10-13H,6-9,15H2,1-5H3. The second-order valence-corrected chi connectivity index (χ2v) is 6.78. The molecule has 1 rings (SSSR count). The summed E-state index contributed by atoms with van der Waals surface area (Å²) in [5.74, 6) is 3.33. The summed E-state index contributed by atoms with van der Waals surface area (Å²) in [6.45, 7) is 12.8. The molecule has 0 heterocycles. The van der Waals surface area contributed by atoms with Gasteiger partial charge in [-0.1, -0.05) is 34.6 Å². The van der Waals surface area contributed by atoms with Crippen molar-refractivity contribution < 1.29 is 0 Å². The van der Waals surface area contributed by atoms with Gasteiger partial charge in [0.2, 0.25) is 0 Å². The Kier molecular flexibility index (Phi) is 4.22. The van der Waals surface area contributed by atoms with Gasteiger partial charge in [0.15, 0.2) is 0 Å². The van der Waals surface area contributed by atoms with E-state index < -0.39 is 0 Å². The highest BCUT2D eigenvalue weighted by atomic mass is 14.6. The van der Waals surface area contributed by atoms with Crippen molar-refractivity contribution >= 4 is 0 Å². The number of rotatable bonds is 2. The van der Waals surface area contributed by atoms with E-state index in [0.717, 1.165) is 30.2 Å². The van der Waals surface area contributed by atoms with Crippen molar-refractivity contribution in [1.29, 1.82) is 0 Å². The fourth-order valence-electron chi connectivity index (χ4n) is 3.16. The molecular weight excluding hydrogens is 182 g/mol. The van der Waals surface area contributed by atoms with E-state index in [2.05, 4.69) is 34.6 Å². The lowest BCUT2D eigenvalue weighted by Crippen LogP contribution is -2.37. The minimum absolute atomic E-state index is 0.479. The quantitative estimate of drug-likeness (QED) is 0.741. The van der Waals surface area contributed by atoms with Crippen molar-refractivity contribution in [3.63, 3.8) is 0 Å². The Morgan fingerprint density at radius 3 is 2.20 bits per heavy atom. The molecule has 2 N–H and O–H groups in total. The van der Waals surface area contributed by atoms with Gasteiger partial charge in [0.05, 0.1) is 0 Å². The predicted octanol–water partition coefficient (Wildman–Crippen LogP) is 3.68. The monoisotopic (exact) mass is 211 g/mol. The maximum absolute atomic E-state index is 5.89. The Balaban J connectivity index is 2.66. The second kappa shape index (κ2) is 4.86. The Morgan fingerprint density at radius 1 is 1.20 bits per heavy atom. The van der Waals surface area contributed by atoms with Crippen molar-refractivity contribution in [2.45, 2.75) is 53.9 Å². The highest BCUT2D eigenvalue weighted by Crippen LogP contribution is 2.44. The van der Waals surface area contributed by atoms with Gasteiger partial charge in [-0.25, -0.2) is 0 Å². The van der Waals surface area contributed by atoms with Gasteiger partial charge in [0.1, 0.15) is 0 Å². The molecule has 3 unspecified atom stereocenters. The van der Waals surface area contributed by atoms with E-state index in [9.17, 15) is 0 Å². The smallest absolute Gasteiger partial charge is 0.00461 e. The summed E-state index contributed by atoms with van der Waals surface area (Å²) in [6.07, 6.45) is 4.12. The van der Waals surface area contributed by atoms with Gasteiger partial charge in [-0.3, -0.25) is 0 Å². The zero-order chi connectivity index (χ0) is 11.6. The van der Waals surface area contributed by atoms with Crippen LogP contribution in [0.1, 0.15) is 53.9 Å². The highest BCUT2D eigenvalue weighted by Gasteiger charge is 2.36. The summed E-state index contributed by atoms with van der Waals surface area (Å²) >= 11 is 0. The summed E-state index contributed by atoms with van der Waals surface area (Å²) in [5.41, 5.74) is 6.36. The maximum Gasteiger partial charge on any atom is -0.00461 e. The van der Waals surface area contributed by atoms with Crippen LogP contribution in [0.25, 0.3) is 0 Å². The second-order valence-electron chi connectivity index (χ2n) is 6.78. The SMILES string of the molecule is CC(C)C1CC(C(C)(C)C)CCC1CN. The van der Waals surface area contributed by atoms with Crippen molar-refractivity contribution in [2.75, 3.05) is 6.54 Å². The van der Waals surface area contributed by atoms with Gasteiger partial charge in [0.25, 0.3) is 0 Å². The molecule has 1 aliphatic carbocycles. The molecule has 0 saturated heterocycles. The molecule has 90 valence electrons. The molecule has 0 aliphatic heterocycles. The summed E-state index contributed by atoms with van der Waals surface area (Å²) in [7, 11) is 0. The maximum atomic E-state index is 5.89. The molecule has 1 aliphatic rings. The first-order valence-electron chi connectivity index (χ1n) is 6.56. The Labute approximate surface area is 95.8 Å². The van der Waals surface area contributed by atoms with Crippen LogP contribution in [0.2, 0.25) is 0 Å². The first-order chi connectivity index (χ1) is 6.86. The van der Waals surface area contributed by atoms with Gasteiger partial charge in [-0.05, 0) is 54.9 Å². The number of hydrogen-bond donors (Lipinski definition) is 1. The summed E-state index contributed by atoms with van der Waals surface area (Å²) in [4.78, 5) is 0. The van der Waals surface area contributed by atoms with Crippen molar-refractivity contribution in [3.8, 4) is 0 Å². The first kappa shape index (κ1) is 13.0. The summed E-state index contributed by atoms with van der Waals surface area (Å²) in [5, 5.41) is 0. The fourth-order valence-corrected chi connectivity index (χ4v) is 3.16. The van der Waals surface area contributed by atoms with Crippen LogP contribution in [-0.2, 0) is 0 Å². The first-order valence-corrected chi connectivity index (χ1v) is 6.56. The lowest BCUT2D eigenvalue weighted by molar-refractivity contribution is 0.0766. The molecule has 1 saturated carbocycles. The van der Waals surface area contributed by atoms with E-state index in [1.54, 1.807) is 0 Å². The minimum Gasteiger partial charge on any atom is -0.330 e. The van der Waals surface area contributed by atoms with Crippen LogP contribution in [0.15, 0.2) is 0 Å². The van der Waals surface area contributed by atoms with Gasteiger partial charge >= 0.3 is 0 Å². The van der Waals surface area contributed by atoms with Crippen LogP contribution in [0.3, 0.4) is 0 Å². The van der Waals surface area contributed by atoms with Gasteiger partial charge < -0.3 is 5.73 Å². The van der Waals surface area contributed by atoms with E-state index >= 15 is 0 Å². The highest BCUT2D eigenvalue weighted by molar-refractivity contribution is 4.87. The van der Waals surface area contributed by atoms with E-state index in [4.69, 9.17) is 5.73 Å². The summed E-state index contributed by atoms with van der Waals surface area (Å²) in [6, 6.07) is 0. The molecule has 0 aromatic heterocycles.